The highest BCUT2D eigenvalue weighted by Crippen LogP contribution is 2.26. The van der Waals surface area contributed by atoms with Gasteiger partial charge in [0.2, 0.25) is 11.1 Å². The summed E-state index contributed by atoms with van der Waals surface area (Å²) in [5.74, 6) is 1.86. The number of anilines is 1. The van der Waals surface area contributed by atoms with Crippen molar-refractivity contribution in [3.8, 4) is 11.5 Å². The molecule has 28 heavy (non-hydrogen) atoms. The lowest BCUT2D eigenvalue weighted by Gasteiger charge is -2.12. The Bertz CT molecular complexity index is 944. The van der Waals surface area contributed by atoms with E-state index < -0.39 is 0 Å². The average Bonchev–Trinajstić information content (AvgIpc) is 3.15. The molecule has 3 rings (SSSR count). The minimum Gasteiger partial charge on any atom is -0.495 e. The summed E-state index contributed by atoms with van der Waals surface area (Å²) < 4.78 is 11.0. The molecule has 0 aliphatic heterocycles. The number of nitrogens with zero attached hydrogens (tertiary/aromatic N) is 2. The number of nitrogens with one attached hydrogen (secondary N) is 2. The van der Waals surface area contributed by atoms with Crippen molar-refractivity contribution in [1.29, 1.82) is 0 Å². The van der Waals surface area contributed by atoms with E-state index in [0.29, 0.717) is 22.4 Å². The van der Waals surface area contributed by atoms with Crippen LogP contribution in [-0.4, -0.2) is 33.4 Å². The fourth-order valence-corrected chi connectivity index (χ4v) is 3.20. The number of hydrogen-bond acceptors (Lipinski definition) is 6. The van der Waals surface area contributed by atoms with Gasteiger partial charge in [-0.1, -0.05) is 42.1 Å². The van der Waals surface area contributed by atoms with E-state index in [1.807, 2.05) is 43.3 Å². The molecular formula is C20H22N4O3S. The Morgan fingerprint density at radius 2 is 1.89 bits per heavy atom. The van der Waals surface area contributed by atoms with Gasteiger partial charge in [-0.2, -0.15) is 0 Å². The van der Waals surface area contributed by atoms with Crippen LogP contribution < -0.4 is 14.8 Å². The van der Waals surface area contributed by atoms with Crippen molar-refractivity contribution in [3.63, 3.8) is 0 Å². The molecule has 1 aromatic heterocycles. The molecule has 2 aromatic carbocycles. The molecule has 146 valence electrons. The Labute approximate surface area is 167 Å². The second kappa shape index (κ2) is 9.27. The summed E-state index contributed by atoms with van der Waals surface area (Å²) in [6.45, 7) is 4.06. The zero-order valence-electron chi connectivity index (χ0n) is 15.9. The molecule has 0 spiro atoms. The number of carbonyl (C=O) groups excluding carboxylic acids is 1. The van der Waals surface area contributed by atoms with Crippen molar-refractivity contribution in [2.45, 2.75) is 30.9 Å². The van der Waals surface area contributed by atoms with Gasteiger partial charge < -0.3 is 14.8 Å². The minimum absolute atomic E-state index is 0.156. The van der Waals surface area contributed by atoms with Gasteiger partial charge in [0.05, 0.1) is 18.0 Å². The number of H-pyrrole nitrogens is 1. The molecule has 0 radical (unpaired) electrons. The Kier molecular flexibility index (Phi) is 6.54. The first-order chi connectivity index (χ1) is 13.6. The maximum absolute atomic E-state index is 12.5. The van der Waals surface area contributed by atoms with Gasteiger partial charge in [0.1, 0.15) is 18.1 Å². The fourth-order valence-electron chi connectivity index (χ4n) is 2.45. The van der Waals surface area contributed by atoms with Crippen molar-refractivity contribution in [1.82, 2.24) is 15.2 Å². The summed E-state index contributed by atoms with van der Waals surface area (Å²) in [4.78, 5) is 16.8. The molecule has 1 amide bonds. The number of carbonyl (C=O) groups is 1. The molecule has 1 atom stereocenters. The van der Waals surface area contributed by atoms with Gasteiger partial charge in [-0.3, -0.25) is 9.89 Å². The topological polar surface area (TPSA) is 89.1 Å². The van der Waals surface area contributed by atoms with Gasteiger partial charge >= 0.3 is 0 Å². The van der Waals surface area contributed by atoms with Gasteiger partial charge in [-0.05, 0) is 37.6 Å². The molecule has 0 unspecified atom stereocenters. The number of thioether (sulfide) groups is 1. The Morgan fingerprint density at radius 3 is 2.64 bits per heavy atom. The van der Waals surface area contributed by atoms with Crippen molar-refractivity contribution >= 4 is 23.4 Å². The van der Waals surface area contributed by atoms with E-state index in [2.05, 4.69) is 20.5 Å². The van der Waals surface area contributed by atoms with Crippen LogP contribution in [0.25, 0.3) is 0 Å². The SMILES string of the molecule is COc1ccccc1NC(=O)[C@H](C)Sc1n[nH]c(COc2ccccc2C)n1. The largest absolute Gasteiger partial charge is 0.495 e. The standard InChI is InChI=1S/C20H22N4O3S/c1-13-8-4-6-10-16(13)27-12-18-22-20(24-23-18)28-14(2)19(25)21-15-9-5-7-11-17(15)26-3/h4-11,14H,12H2,1-3H3,(H,21,25)(H,22,23,24)/t14-/m0/s1. The highest BCUT2D eigenvalue weighted by atomic mass is 32.2. The number of methoxy groups -OCH3 is 1. The molecule has 0 bridgehead atoms. The van der Waals surface area contributed by atoms with E-state index in [9.17, 15) is 4.79 Å². The maximum Gasteiger partial charge on any atom is 0.237 e. The molecule has 0 saturated heterocycles. The van der Waals surface area contributed by atoms with E-state index >= 15 is 0 Å². The predicted octanol–water partition coefficient (Wildman–Crippen LogP) is 3.82. The van der Waals surface area contributed by atoms with Crippen LogP contribution in [-0.2, 0) is 11.4 Å². The van der Waals surface area contributed by atoms with Crippen LogP contribution in [0.4, 0.5) is 5.69 Å². The first-order valence-corrected chi connectivity index (χ1v) is 9.65. The van der Waals surface area contributed by atoms with Gasteiger partial charge in [0.25, 0.3) is 0 Å². The van der Waals surface area contributed by atoms with Crippen molar-refractivity contribution in [3.05, 3.63) is 59.9 Å². The van der Waals surface area contributed by atoms with Crippen LogP contribution in [0.15, 0.2) is 53.7 Å². The highest BCUT2D eigenvalue weighted by Gasteiger charge is 2.18. The number of hydrogen-bond donors (Lipinski definition) is 2. The first kappa shape index (κ1) is 19.8. The molecule has 0 fully saturated rings. The third-order valence-electron chi connectivity index (χ3n) is 3.99. The molecule has 8 heteroatoms. The van der Waals surface area contributed by atoms with Crippen molar-refractivity contribution < 1.29 is 14.3 Å². The Morgan fingerprint density at radius 1 is 1.18 bits per heavy atom. The number of ether oxygens (including phenoxy) is 2. The summed E-state index contributed by atoms with van der Waals surface area (Å²) >= 11 is 1.27. The number of aryl methyl sites for hydroxylation is 1. The average molecular weight is 398 g/mol. The Balaban J connectivity index is 1.55. The monoisotopic (exact) mass is 398 g/mol. The third kappa shape index (κ3) is 5.04. The van der Waals surface area contributed by atoms with Crippen LogP contribution in [0.3, 0.4) is 0 Å². The third-order valence-corrected chi connectivity index (χ3v) is 4.95. The second-order valence-electron chi connectivity index (χ2n) is 6.07. The quantitative estimate of drug-likeness (QED) is 0.561. The zero-order chi connectivity index (χ0) is 19.9. The van der Waals surface area contributed by atoms with Gasteiger partial charge in [-0.25, -0.2) is 4.98 Å². The number of rotatable bonds is 8. The van der Waals surface area contributed by atoms with E-state index in [0.717, 1.165) is 11.3 Å². The lowest BCUT2D eigenvalue weighted by atomic mass is 10.2. The van der Waals surface area contributed by atoms with E-state index in [1.54, 1.807) is 26.2 Å². The molecule has 1 heterocycles. The maximum atomic E-state index is 12.5. The Hall–Kier alpha value is -3.00. The lowest BCUT2D eigenvalue weighted by Crippen LogP contribution is -2.22. The minimum atomic E-state index is -0.383. The van der Waals surface area contributed by atoms with Crippen LogP contribution in [0.1, 0.15) is 18.3 Å². The van der Waals surface area contributed by atoms with Crippen molar-refractivity contribution in [2.75, 3.05) is 12.4 Å². The van der Waals surface area contributed by atoms with E-state index in [4.69, 9.17) is 9.47 Å². The summed E-state index contributed by atoms with van der Waals surface area (Å²) in [5, 5.41) is 9.98. The van der Waals surface area contributed by atoms with Crippen LogP contribution in [0.2, 0.25) is 0 Å². The summed E-state index contributed by atoms with van der Waals surface area (Å²) in [6, 6.07) is 15.1. The lowest BCUT2D eigenvalue weighted by molar-refractivity contribution is -0.115. The fraction of sp³-hybridized carbons (Fsp3) is 0.250. The van der Waals surface area contributed by atoms with E-state index in [-0.39, 0.29) is 17.8 Å². The molecule has 2 N–H and O–H groups in total. The first-order valence-electron chi connectivity index (χ1n) is 8.77. The van der Waals surface area contributed by atoms with Gasteiger partial charge in [0, 0.05) is 0 Å². The zero-order valence-corrected chi connectivity index (χ0v) is 16.7. The van der Waals surface area contributed by atoms with Crippen LogP contribution >= 0.6 is 11.8 Å². The second-order valence-corrected chi connectivity index (χ2v) is 7.38. The number of amides is 1. The number of aromatic nitrogens is 3. The highest BCUT2D eigenvalue weighted by molar-refractivity contribution is 8.00. The number of benzene rings is 2. The number of para-hydroxylation sites is 3. The number of aromatic amines is 1. The van der Waals surface area contributed by atoms with Gasteiger partial charge in [-0.15, -0.1) is 5.10 Å². The summed E-state index contributed by atoms with van der Waals surface area (Å²) in [6.07, 6.45) is 0. The predicted molar refractivity (Wildman–Crippen MR) is 109 cm³/mol. The van der Waals surface area contributed by atoms with Crippen molar-refractivity contribution in [2.24, 2.45) is 0 Å². The molecule has 0 aliphatic rings. The normalized spacial score (nSPS) is 11.7. The summed E-state index contributed by atoms with van der Waals surface area (Å²) in [7, 11) is 1.57. The van der Waals surface area contributed by atoms with Gasteiger partial charge in [0.15, 0.2) is 5.82 Å². The molecule has 7 nitrogen and oxygen atoms in total. The summed E-state index contributed by atoms with van der Waals surface area (Å²) in [5.41, 5.74) is 1.68. The van der Waals surface area contributed by atoms with Crippen LogP contribution in [0.5, 0.6) is 11.5 Å². The van der Waals surface area contributed by atoms with Crippen LogP contribution in [0, 0.1) is 6.92 Å². The van der Waals surface area contributed by atoms with E-state index in [1.165, 1.54) is 11.8 Å². The molecule has 0 saturated carbocycles. The smallest absolute Gasteiger partial charge is 0.237 e. The molecule has 0 aliphatic carbocycles. The molecular weight excluding hydrogens is 376 g/mol. The molecule has 3 aromatic rings.